The zero-order valence-corrected chi connectivity index (χ0v) is 6.67. The highest BCUT2D eigenvalue weighted by atomic mass is 16.5. The first-order chi connectivity index (χ1) is 5.20. The highest BCUT2D eigenvalue weighted by Crippen LogP contribution is 2.01. The minimum absolute atomic E-state index is 0.336. The van der Waals surface area contributed by atoms with Crippen LogP contribution < -0.4 is 0 Å². The van der Waals surface area contributed by atoms with E-state index in [0.29, 0.717) is 6.42 Å². The second kappa shape index (κ2) is 5.55. The Morgan fingerprint density at radius 2 is 2.55 bits per heavy atom. The van der Waals surface area contributed by atoms with Crippen LogP contribution in [0.15, 0.2) is 12.7 Å². The fourth-order valence-electron chi connectivity index (χ4n) is 0.646. The monoisotopic (exact) mass is 152 g/mol. The molecule has 0 aromatic heterocycles. The third kappa shape index (κ3) is 5.23. The predicted molar refractivity (Wildman–Crippen MR) is 43.8 cm³/mol. The van der Waals surface area contributed by atoms with Crippen molar-refractivity contribution in [3.8, 4) is 12.3 Å². The average molecular weight is 152 g/mol. The van der Waals surface area contributed by atoms with Gasteiger partial charge in [-0.05, 0) is 12.8 Å². The molecule has 0 heterocycles. The van der Waals surface area contributed by atoms with Crippen molar-refractivity contribution in [1.82, 2.24) is 0 Å². The number of carbonyl (C=O) groups excluding carboxylic acids is 1. The van der Waals surface area contributed by atoms with Crippen molar-refractivity contribution in [2.24, 2.45) is 0 Å². The Morgan fingerprint density at radius 1 is 1.91 bits per heavy atom. The Hall–Kier alpha value is -1.23. The van der Waals surface area contributed by atoms with Crippen LogP contribution in [-0.2, 0) is 9.53 Å². The molecule has 0 saturated carbocycles. The second-order valence-electron chi connectivity index (χ2n) is 2.13. The van der Waals surface area contributed by atoms with E-state index in [1.54, 1.807) is 6.08 Å². The van der Waals surface area contributed by atoms with Crippen molar-refractivity contribution in [2.75, 3.05) is 0 Å². The van der Waals surface area contributed by atoms with Crippen LogP contribution in [-0.4, -0.2) is 12.1 Å². The maximum absolute atomic E-state index is 10.4. The number of hydrogen-bond donors (Lipinski definition) is 0. The molecule has 0 radical (unpaired) electrons. The number of terminal acetylenes is 1. The van der Waals surface area contributed by atoms with Crippen LogP contribution in [0.2, 0.25) is 0 Å². The van der Waals surface area contributed by atoms with Gasteiger partial charge in [0.1, 0.15) is 0 Å². The summed E-state index contributed by atoms with van der Waals surface area (Å²) in [6.45, 7) is 4.88. The number of rotatable bonds is 4. The molecule has 0 spiro atoms. The van der Waals surface area contributed by atoms with E-state index in [0.717, 1.165) is 6.42 Å². The fourth-order valence-corrected chi connectivity index (χ4v) is 0.646. The molecule has 0 rings (SSSR count). The van der Waals surface area contributed by atoms with Crippen molar-refractivity contribution in [1.29, 1.82) is 0 Å². The number of carbonyl (C=O) groups is 1. The predicted octanol–water partition coefficient (Wildman–Crippen LogP) is 1.52. The molecular weight excluding hydrogens is 140 g/mol. The molecule has 60 valence electrons. The summed E-state index contributed by atoms with van der Waals surface area (Å²) in [5.41, 5.74) is 0. The summed E-state index contributed by atoms with van der Waals surface area (Å²) in [6, 6.07) is 0. The molecule has 11 heavy (non-hydrogen) atoms. The normalized spacial score (nSPS) is 11.3. The lowest BCUT2D eigenvalue weighted by Crippen LogP contribution is -2.13. The van der Waals surface area contributed by atoms with Crippen LogP contribution in [0.1, 0.15) is 19.8 Å². The molecular formula is C9H12O2. The largest absolute Gasteiger partial charge is 0.449 e. The lowest BCUT2D eigenvalue weighted by molar-refractivity contribution is -0.143. The van der Waals surface area contributed by atoms with Gasteiger partial charge in [-0.3, -0.25) is 4.79 Å². The molecule has 0 saturated heterocycles. The van der Waals surface area contributed by atoms with E-state index in [2.05, 4.69) is 12.5 Å². The topological polar surface area (TPSA) is 26.3 Å². The SMILES string of the molecule is C#CC(CCC=C)OC(C)=O. The van der Waals surface area contributed by atoms with E-state index in [-0.39, 0.29) is 5.97 Å². The number of hydrogen-bond acceptors (Lipinski definition) is 2. The van der Waals surface area contributed by atoms with Gasteiger partial charge < -0.3 is 4.74 Å². The third-order valence-electron chi connectivity index (χ3n) is 1.13. The molecule has 0 aliphatic rings. The van der Waals surface area contributed by atoms with Crippen molar-refractivity contribution in [2.45, 2.75) is 25.9 Å². The maximum atomic E-state index is 10.4. The van der Waals surface area contributed by atoms with Crippen LogP contribution >= 0.6 is 0 Å². The van der Waals surface area contributed by atoms with Gasteiger partial charge in [-0.1, -0.05) is 12.0 Å². The highest BCUT2D eigenvalue weighted by molar-refractivity contribution is 5.66. The van der Waals surface area contributed by atoms with Crippen LogP contribution in [0, 0.1) is 12.3 Å². The minimum Gasteiger partial charge on any atom is -0.449 e. The van der Waals surface area contributed by atoms with Crippen molar-refractivity contribution < 1.29 is 9.53 Å². The van der Waals surface area contributed by atoms with Crippen molar-refractivity contribution >= 4 is 5.97 Å². The second-order valence-corrected chi connectivity index (χ2v) is 2.13. The summed E-state index contributed by atoms with van der Waals surface area (Å²) in [5.74, 6) is 2.04. The van der Waals surface area contributed by atoms with Gasteiger partial charge in [0.05, 0.1) is 0 Å². The van der Waals surface area contributed by atoms with Gasteiger partial charge in [0.15, 0.2) is 6.10 Å². The number of ether oxygens (including phenoxy) is 1. The molecule has 0 aliphatic carbocycles. The molecule has 1 atom stereocenters. The Morgan fingerprint density at radius 3 is 2.91 bits per heavy atom. The highest BCUT2D eigenvalue weighted by Gasteiger charge is 2.05. The number of allylic oxidation sites excluding steroid dienone is 1. The molecule has 0 N–H and O–H groups in total. The maximum Gasteiger partial charge on any atom is 0.303 e. The first-order valence-electron chi connectivity index (χ1n) is 3.45. The van der Waals surface area contributed by atoms with Crippen LogP contribution in [0.5, 0.6) is 0 Å². The van der Waals surface area contributed by atoms with E-state index < -0.39 is 6.10 Å². The van der Waals surface area contributed by atoms with E-state index in [4.69, 9.17) is 11.2 Å². The fraction of sp³-hybridized carbons (Fsp3) is 0.444. The molecule has 1 unspecified atom stereocenters. The van der Waals surface area contributed by atoms with Gasteiger partial charge in [0, 0.05) is 6.92 Å². The standard InChI is InChI=1S/C9H12O2/c1-4-6-7-9(5-2)11-8(3)10/h2,4,9H,1,6-7H2,3H3. The lowest BCUT2D eigenvalue weighted by atomic mass is 10.2. The molecule has 0 aliphatic heterocycles. The summed E-state index contributed by atoms with van der Waals surface area (Å²) >= 11 is 0. The Bertz CT molecular complexity index is 176. The van der Waals surface area contributed by atoms with E-state index in [1.807, 2.05) is 0 Å². The molecule has 0 aromatic carbocycles. The van der Waals surface area contributed by atoms with Crippen LogP contribution in [0.3, 0.4) is 0 Å². The Labute approximate surface area is 67.2 Å². The number of esters is 1. The zero-order chi connectivity index (χ0) is 8.69. The zero-order valence-electron chi connectivity index (χ0n) is 6.67. The molecule has 0 bridgehead atoms. The third-order valence-corrected chi connectivity index (χ3v) is 1.13. The molecule has 0 aromatic rings. The summed E-state index contributed by atoms with van der Waals surface area (Å²) in [4.78, 5) is 10.4. The molecule has 0 amide bonds. The first-order valence-corrected chi connectivity index (χ1v) is 3.45. The van der Waals surface area contributed by atoms with Gasteiger partial charge in [0.2, 0.25) is 0 Å². The van der Waals surface area contributed by atoms with E-state index >= 15 is 0 Å². The van der Waals surface area contributed by atoms with Crippen LogP contribution in [0.25, 0.3) is 0 Å². The van der Waals surface area contributed by atoms with Gasteiger partial charge >= 0.3 is 5.97 Å². The molecule has 2 heteroatoms. The van der Waals surface area contributed by atoms with Gasteiger partial charge in [0.25, 0.3) is 0 Å². The van der Waals surface area contributed by atoms with E-state index in [9.17, 15) is 4.79 Å². The summed E-state index contributed by atoms with van der Waals surface area (Å²) < 4.78 is 4.78. The quantitative estimate of drug-likeness (QED) is 0.347. The molecule has 2 nitrogen and oxygen atoms in total. The summed E-state index contributed by atoms with van der Waals surface area (Å²) in [7, 11) is 0. The summed E-state index contributed by atoms with van der Waals surface area (Å²) in [5, 5.41) is 0. The Balaban J connectivity index is 3.69. The minimum atomic E-state index is -0.398. The van der Waals surface area contributed by atoms with Crippen LogP contribution in [0.4, 0.5) is 0 Å². The van der Waals surface area contributed by atoms with Crippen molar-refractivity contribution in [3.63, 3.8) is 0 Å². The smallest absolute Gasteiger partial charge is 0.303 e. The van der Waals surface area contributed by atoms with E-state index in [1.165, 1.54) is 6.92 Å². The van der Waals surface area contributed by atoms with Crippen molar-refractivity contribution in [3.05, 3.63) is 12.7 Å². The van der Waals surface area contributed by atoms with Gasteiger partial charge in [-0.2, -0.15) is 0 Å². The molecule has 0 fully saturated rings. The van der Waals surface area contributed by atoms with Gasteiger partial charge in [-0.15, -0.1) is 13.0 Å². The Kier molecular flexibility index (Phi) is 4.93. The average Bonchev–Trinajstić information content (AvgIpc) is 1.97. The first kappa shape index (κ1) is 9.77. The van der Waals surface area contributed by atoms with Gasteiger partial charge in [-0.25, -0.2) is 0 Å². The summed E-state index contributed by atoms with van der Waals surface area (Å²) in [6.07, 6.45) is 7.86. The lowest BCUT2D eigenvalue weighted by Gasteiger charge is -2.08.